The molecule has 29 heavy (non-hydrogen) atoms. The second kappa shape index (κ2) is 6.92. The van der Waals surface area contributed by atoms with E-state index >= 15 is 0 Å². The van der Waals surface area contributed by atoms with E-state index in [0.717, 1.165) is 6.42 Å². The van der Waals surface area contributed by atoms with Crippen LogP contribution in [0.3, 0.4) is 0 Å². The maximum absolute atomic E-state index is 12.8. The average Bonchev–Trinajstić information content (AvgIpc) is 3.52. The molecule has 0 aromatic carbocycles. The molecule has 5 heterocycles. The van der Waals surface area contributed by atoms with Crippen LogP contribution in [0, 0.1) is 0 Å². The van der Waals surface area contributed by atoms with E-state index in [-0.39, 0.29) is 42.2 Å². The summed E-state index contributed by atoms with van der Waals surface area (Å²) in [6.07, 6.45) is 4.01. The Balaban J connectivity index is 1.20. The van der Waals surface area contributed by atoms with Gasteiger partial charge < -0.3 is 15.1 Å². The fraction of sp³-hybridized carbons (Fsp3) is 0.333. The Morgan fingerprint density at radius 2 is 2.03 bits per heavy atom. The smallest absolute Gasteiger partial charge is 0.293 e. The summed E-state index contributed by atoms with van der Waals surface area (Å²) in [5.41, 5.74) is 0.553. The monoisotopic (exact) mass is 411 g/mol. The highest BCUT2D eigenvalue weighted by Gasteiger charge is 2.47. The molecule has 11 heteroatoms. The topological polar surface area (TPSA) is 113 Å². The fourth-order valence-electron chi connectivity index (χ4n) is 3.93. The van der Waals surface area contributed by atoms with Gasteiger partial charge in [0, 0.05) is 36.4 Å². The fourth-order valence-corrected chi connectivity index (χ4v) is 4.56. The van der Waals surface area contributed by atoms with Gasteiger partial charge in [-0.2, -0.15) is 16.3 Å². The molecule has 3 aromatic heterocycles. The van der Waals surface area contributed by atoms with Gasteiger partial charge in [0.15, 0.2) is 0 Å². The van der Waals surface area contributed by atoms with Gasteiger partial charge in [-0.05, 0) is 23.9 Å². The number of carbonyl (C=O) groups is 3. The minimum atomic E-state index is -0.257. The molecule has 2 aliphatic heterocycles. The Morgan fingerprint density at radius 3 is 2.76 bits per heavy atom. The highest BCUT2D eigenvalue weighted by atomic mass is 32.1. The largest absolute Gasteiger partial charge is 0.343 e. The van der Waals surface area contributed by atoms with Gasteiger partial charge >= 0.3 is 0 Å². The van der Waals surface area contributed by atoms with Crippen LogP contribution < -0.4 is 5.32 Å². The molecular formula is C18H17N7O3S. The summed E-state index contributed by atoms with van der Waals surface area (Å²) in [6.45, 7) is 0.845. The number of carbonyl (C=O) groups excluding carboxylic acids is 3. The van der Waals surface area contributed by atoms with Gasteiger partial charge in [0.2, 0.25) is 11.7 Å². The van der Waals surface area contributed by atoms with Gasteiger partial charge in [-0.25, -0.2) is 9.50 Å². The summed E-state index contributed by atoms with van der Waals surface area (Å²) in [6, 6.07) is 3.32. The summed E-state index contributed by atoms with van der Waals surface area (Å²) < 4.78 is 1.47. The molecular weight excluding hydrogens is 394 g/mol. The molecule has 3 aromatic rings. The number of hydrogen-bond acceptors (Lipinski definition) is 7. The van der Waals surface area contributed by atoms with Crippen molar-refractivity contribution in [3.63, 3.8) is 0 Å². The maximum Gasteiger partial charge on any atom is 0.293 e. The molecule has 0 unspecified atom stereocenters. The van der Waals surface area contributed by atoms with Crippen LogP contribution in [0.1, 0.15) is 27.4 Å². The van der Waals surface area contributed by atoms with Gasteiger partial charge in [-0.3, -0.25) is 14.4 Å². The number of rotatable bonds is 4. The van der Waals surface area contributed by atoms with Crippen LogP contribution in [0.25, 0.3) is 5.78 Å². The number of likely N-dealkylation sites (tertiary alicyclic amines) is 2. The number of amides is 3. The maximum atomic E-state index is 12.8. The van der Waals surface area contributed by atoms with Crippen molar-refractivity contribution in [2.75, 3.05) is 19.6 Å². The molecule has 10 nitrogen and oxygen atoms in total. The molecule has 2 atom stereocenters. The van der Waals surface area contributed by atoms with Crippen molar-refractivity contribution in [2.24, 2.45) is 0 Å². The van der Waals surface area contributed by atoms with Crippen molar-refractivity contribution in [1.29, 1.82) is 0 Å². The van der Waals surface area contributed by atoms with Gasteiger partial charge in [-0.15, -0.1) is 5.10 Å². The van der Waals surface area contributed by atoms with Gasteiger partial charge in [0.05, 0.1) is 18.6 Å². The van der Waals surface area contributed by atoms with Crippen molar-refractivity contribution in [3.05, 3.63) is 46.7 Å². The lowest BCUT2D eigenvalue weighted by atomic mass is 10.2. The summed E-state index contributed by atoms with van der Waals surface area (Å²) in [5, 5.41) is 10.4. The number of thiophene rings is 1. The van der Waals surface area contributed by atoms with E-state index in [9.17, 15) is 14.4 Å². The van der Waals surface area contributed by atoms with E-state index in [0.29, 0.717) is 24.4 Å². The number of piperazine rings is 1. The van der Waals surface area contributed by atoms with Crippen LogP contribution in [-0.2, 0) is 4.79 Å². The molecule has 148 valence electrons. The Kier molecular flexibility index (Phi) is 4.23. The first-order valence-corrected chi connectivity index (χ1v) is 10.1. The predicted octanol–water partition coefficient (Wildman–Crippen LogP) is 0.0411. The summed E-state index contributed by atoms with van der Waals surface area (Å²) >= 11 is 1.43. The Labute approximate surface area is 169 Å². The van der Waals surface area contributed by atoms with Gasteiger partial charge in [0.1, 0.15) is 0 Å². The zero-order valence-electron chi connectivity index (χ0n) is 15.3. The van der Waals surface area contributed by atoms with Crippen molar-refractivity contribution in [1.82, 2.24) is 34.7 Å². The molecule has 0 spiro atoms. The summed E-state index contributed by atoms with van der Waals surface area (Å²) in [7, 11) is 0. The third-order valence-corrected chi connectivity index (χ3v) is 6.00. The Morgan fingerprint density at radius 1 is 1.21 bits per heavy atom. The quantitative estimate of drug-likeness (QED) is 0.649. The zero-order chi connectivity index (χ0) is 20.0. The molecule has 0 aliphatic carbocycles. The number of nitrogens with zero attached hydrogens (tertiary/aromatic N) is 6. The lowest BCUT2D eigenvalue weighted by molar-refractivity contribution is -0.132. The van der Waals surface area contributed by atoms with Crippen molar-refractivity contribution < 1.29 is 14.4 Å². The summed E-state index contributed by atoms with van der Waals surface area (Å²) in [4.78, 5) is 49.1. The first kappa shape index (κ1) is 17.7. The second-order valence-electron chi connectivity index (χ2n) is 7.04. The molecule has 2 bridgehead atoms. The minimum Gasteiger partial charge on any atom is -0.343 e. The number of aromatic nitrogens is 4. The second-order valence-corrected chi connectivity index (χ2v) is 7.82. The highest BCUT2D eigenvalue weighted by Crippen LogP contribution is 2.31. The van der Waals surface area contributed by atoms with Crippen molar-refractivity contribution in [2.45, 2.75) is 18.5 Å². The van der Waals surface area contributed by atoms with Crippen LogP contribution in [0.4, 0.5) is 0 Å². The molecule has 3 amide bonds. The first-order chi connectivity index (χ1) is 14.1. The minimum absolute atomic E-state index is 0.0501. The van der Waals surface area contributed by atoms with E-state index in [1.54, 1.807) is 39.7 Å². The molecule has 5 rings (SSSR count). The molecule has 2 fully saturated rings. The van der Waals surface area contributed by atoms with Crippen LogP contribution in [0.5, 0.6) is 0 Å². The Bertz CT molecular complexity index is 1060. The molecule has 2 aliphatic rings. The van der Waals surface area contributed by atoms with Crippen LogP contribution in [-0.4, -0.2) is 78.8 Å². The lowest BCUT2D eigenvalue weighted by Crippen LogP contribution is -2.52. The SMILES string of the molecule is O=C(NCC(=O)N1C[C@@H]2C[C@H]1CN2C(=O)c1nc2ncccn2n1)c1ccsc1. The van der Waals surface area contributed by atoms with E-state index in [1.165, 1.54) is 15.9 Å². The van der Waals surface area contributed by atoms with Crippen LogP contribution in [0.15, 0.2) is 35.3 Å². The third-order valence-electron chi connectivity index (χ3n) is 5.31. The van der Waals surface area contributed by atoms with E-state index in [1.807, 2.05) is 5.38 Å². The zero-order valence-corrected chi connectivity index (χ0v) is 16.1. The lowest BCUT2D eigenvalue weighted by Gasteiger charge is -2.33. The van der Waals surface area contributed by atoms with Crippen LogP contribution >= 0.6 is 11.3 Å². The van der Waals surface area contributed by atoms with E-state index < -0.39 is 0 Å². The van der Waals surface area contributed by atoms with Crippen molar-refractivity contribution >= 4 is 34.8 Å². The third kappa shape index (κ3) is 3.12. The van der Waals surface area contributed by atoms with E-state index in [4.69, 9.17) is 0 Å². The highest BCUT2D eigenvalue weighted by molar-refractivity contribution is 7.08. The number of hydrogen-bond donors (Lipinski definition) is 1. The van der Waals surface area contributed by atoms with E-state index in [2.05, 4.69) is 20.4 Å². The molecule has 0 radical (unpaired) electrons. The summed E-state index contributed by atoms with van der Waals surface area (Å²) in [5.74, 6) is -0.160. The molecule has 0 saturated carbocycles. The number of fused-ring (bicyclic) bond motifs is 3. The normalized spacial score (nSPS) is 20.4. The predicted molar refractivity (Wildman–Crippen MR) is 102 cm³/mol. The van der Waals surface area contributed by atoms with Gasteiger partial charge in [-0.1, -0.05) is 0 Å². The van der Waals surface area contributed by atoms with Gasteiger partial charge in [0.25, 0.3) is 17.6 Å². The Hall–Kier alpha value is -3.34. The van der Waals surface area contributed by atoms with Crippen LogP contribution in [0.2, 0.25) is 0 Å². The van der Waals surface area contributed by atoms with Crippen molar-refractivity contribution in [3.8, 4) is 0 Å². The first-order valence-electron chi connectivity index (χ1n) is 9.18. The average molecular weight is 411 g/mol. The molecule has 1 N–H and O–H groups in total. The molecule has 2 saturated heterocycles. The number of nitrogens with one attached hydrogen (secondary N) is 1. The standard InChI is InChI=1S/C18H17N7O3S/c26-14(7-20-16(27)11-2-5-29-10-11)23-8-13-6-12(23)9-24(13)17(28)15-21-18-19-3-1-4-25(18)22-15/h1-5,10,12-13H,6-9H2,(H,20,27)/t12-,13-/m0/s1.